The lowest BCUT2D eigenvalue weighted by Crippen LogP contribution is -2.29. The lowest BCUT2D eigenvalue weighted by Gasteiger charge is -2.20. The predicted octanol–water partition coefficient (Wildman–Crippen LogP) is 2.33. The lowest BCUT2D eigenvalue weighted by molar-refractivity contribution is 0.0950. The Hall–Kier alpha value is -2.44. The predicted molar refractivity (Wildman–Crippen MR) is 91.9 cm³/mol. The Bertz CT molecular complexity index is 677. The van der Waals surface area contributed by atoms with Crippen LogP contribution in [0.4, 0.5) is 5.69 Å². The summed E-state index contributed by atoms with van der Waals surface area (Å²) in [5.74, 6) is -0.176. The summed E-state index contributed by atoms with van der Waals surface area (Å²) in [4.78, 5) is 16.2. The number of amides is 1. The molecule has 3 rings (SSSR count). The van der Waals surface area contributed by atoms with E-state index < -0.39 is 0 Å². The molecule has 0 radical (unpaired) electrons. The molecule has 0 bridgehead atoms. The van der Waals surface area contributed by atoms with Crippen molar-refractivity contribution in [3.8, 4) is 0 Å². The van der Waals surface area contributed by atoms with Gasteiger partial charge in [0.15, 0.2) is 5.69 Å². The molecule has 1 amide bonds. The highest BCUT2D eigenvalue weighted by Gasteiger charge is 2.18. The molecular weight excluding hydrogens is 304 g/mol. The molecule has 7 heteroatoms. The summed E-state index contributed by atoms with van der Waals surface area (Å²) in [6.07, 6.45) is 11.3. The Morgan fingerprint density at radius 2 is 2.12 bits per heavy atom. The van der Waals surface area contributed by atoms with Crippen molar-refractivity contribution in [2.24, 2.45) is 0 Å². The minimum absolute atomic E-state index is 0.176. The summed E-state index contributed by atoms with van der Waals surface area (Å²) in [5, 5.41) is 14.3. The highest BCUT2D eigenvalue weighted by molar-refractivity contribution is 5.91. The van der Waals surface area contributed by atoms with Gasteiger partial charge in [0, 0.05) is 31.2 Å². The van der Waals surface area contributed by atoms with E-state index in [2.05, 4.69) is 25.9 Å². The number of rotatable bonds is 6. The molecule has 2 N–H and O–H groups in total. The van der Waals surface area contributed by atoms with E-state index in [-0.39, 0.29) is 5.91 Å². The molecule has 1 aliphatic carbocycles. The first kappa shape index (κ1) is 16.4. The van der Waals surface area contributed by atoms with Gasteiger partial charge in [0.1, 0.15) is 0 Å². The molecule has 0 atom stereocenters. The van der Waals surface area contributed by atoms with Gasteiger partial charge in [0.2, 0.25) is 0 Å². The van der Waals surface area contributed by atoms with Gasteiger partial charge in [-0.1, -0.05) is 24.5 Å². The Morgan fingerprint density at radius 3 is 2.92 bits per heavy atom. The van der Waals surface area contributed by atoms with Crippen LogP contribution < -0.4 is 10.6 Å². The van der Waals surface area contributed by atoms with Crippen molar-refractivity contribution in [2.75, 3.05) is 18.4 Å². The number of hydrogen-bond donors (Lipinski definition) is 2. The molecule has 1 fully saturated rings. The van der Waals surface area contributed by atoms with Gasteiger partial charge in [-0.15, -0.1) is 5.10 Å². The second-order valence-electron chi connectivity index (χ2n) is 6.25. The van der Waals surface area contributed by atoms with Gasteiger partial charge in [-0.05, 0) is 31.4 Å². The zero-order valence-electron chi connectivity index (χ0n) is 14.0. The summed E-state index contributed by atoms with van der Waals surface area (Å²) in [5.41, 5.74) is 2.50. The third kappa shape index (κ3) is 4.10. The number of carbonyl (C=O) groups excluding carboxylic acids is 1. The first-order valence-corrected chi connectivity index (χ1v) is 8.58. The second-order valence-corrected chi connectivity index (χ2v) is 6.25. The fraction of sp³-hybridized carbons (Fsp3) is 0.529. The number of nitrogens with one attached hydrogen (secondary N) is 2. The van der Waals surface area contributed by atoms with Crippen LogP contribution in [0.15, 0.2) is 24.7 Å². The minimum atomic E-state index is -0.176. The van der Waals surface area contributed by atoms with E-state index in [1.165, 1.54) is 19.3 Å². The summed E-state index contributed by atoms with van der Waals surface area (Å²) >= 11 is 0. The summed E-state index contributed by atoms with van der Waals surface area (Å²) in [6, 6.07) is 2.32. The number of carbonyl (C=O) groups is 1. The van der Waals surface area contributed by atoms with Crippen molar-refractivity contribution in [3.05, 3.63) is 35.9 Å². The van der Waals surface area contributed by atoms with Gasteiger partial charge >= 0.3 is 0 Å². The average Bonchev–Trinajstić information content (AvgIpc) is 3.11. The van der Waals surface area contributed by atoms with E-state index in [0.717, 1.165) is 24.1 Å². The van der Waals surface area contributed by atoms with Crippen LogP contribution >= 0.6 is 0 Å². The third-order valence-corrected chi connectivity index (χ3v) is 4.44. The Labute approximate surface area is 141 Å². The van der Waals surface area contributed by atoms with E-state index in [0.29, 0.717) is 24.8 Å². The fourth-order valence-electron chi connectivity index (χ4n) is 3.04. The van der Waals surface area contributed by atoms with Crippen LogP contribution in [-0.4, -0.2) is 39.0 Å². The van der Waals surface area contributed by atoms with Gasteiger partial charge in [-0.25, -0.2) is 4.68 Å². The zero-order chi connectivity index (χ0) is 16.8. The van der Waals surface area contributed by atoms with Crippen molar-refractivity contribution in [1.82, 2.24) is 25.3 Å². The van der Waals surface area contributed by atoms with E-state index in [4.69, 9.17) is 0 Å². The molecule has 2 aromatic heterocycles. The van der Waals surface area contributed by atoms with Crippen LogP contribution in [-0.2, 0) is 0 Å². The highest BCUT2D eigenvalue weighted by atomic mass is 16.2. The highest BCUT2D eigenvalue weighted by Crippen LogP contribution is 2.27. The Kier molecular flexibility index (Phi) is 5.40. The van der Waals surface area contributed by atoms with E-state index in [1.54, 1.807) is 12.4 Å². The molecule has 7 nitrogen and oxygen atoms in total. The molecule has 0 saturated heterocycles. The first-order chi connectivity index (χ1) is 11.7. The van der Waals surface area contributed by atoms with Crippen molar-refractivity contribution in [2.45, 2.75) is 45.1 Å². The third-order valence-electron chi connectivity index (χ3n) is 4.44. The largest absolute Gasteiger partial charge is 0.383 e. The van der Waals surface area contributed by atoms with Gasteiger partial charge in [0.05, 0.1) is 12.2 Å². The fourth-order valence-corrected chi connectivity index (χ4v) is 3.04. The molecule has 128 valence electrons. The molecule has 1 saturated carbocycles. The molecular formula is C17H24N6O. The quantitative estimate of drug-likeness (QED) is 0.795. The van der Waals surface area contributed by atoms with Crippen molar-refractivity contribution >= 4 is 11.6 Å². The summed E-state index contributed by atoms with van der Waals surface area (Å²) in [6.45, 7) is 3.17. The molecule has 2 aromatic rings. The van der Waals surface area contributed by atoms with E-state index in [9.17, 15) is 4.79 Å². The van der Waals surface area contributed by atoms with Crippen molar-refractivity contribution in [3.63, 3.8) is 0 Å². The summed E-state index contributed by atoms with van der Waals surface area (Å²) < 4.78 is 1.85. The Morgan fingerprint density at radius 1 is 1.29 bits per heavy atom. The molecule has 0 aliphatic heterocycles. The van der Waals surface area contributed by atoms with Gasteiger partial charge in [-0.2, -0.15) is 0 Å². The van der Waals surface area contributed by atoms with Crippen molar-refractivity contribution < 1.29 is 4.79 Å². The standard InChI is InChI=1S/C17H24N6O/c1-13-11-18-8-7-15(13)19-9-10-20-17(24)16-12-23(22-21-16)14-5-3-2-4-6-14/h7-8,11-12,14H,2-6,9-10H2,1H3,(H,18,19)(H,20,24). The zero-order valence-corrected chi connectivity index (χ0v) is 14.0. The minimum Gasteiger partial charge on any atom is -0.383 e. The number of aromatic nitrogens is 4. The van der Waals surface area contributed by atoms with Crippen molar-refractivity contribution in [1.29, 1.82) is 0 Å². The second kappa shape index (κ2) is 7.90. The number of hydrogen-bond acceptors (Lipinski definition) is 5. The number of aryl methyl sites for hydroxylation is 1. The van der Waals surface area contributed by atoms with Gasteiger partial charge in [0.25, 0.3) is 5.91 Å². The molecule has 0 spiro atoms. The van der Waals surface area contributed by atoms with Crippen LogP contribution in [0.1, 0.15) is 54.2 Å². The lowest BCUT2D eigenvalue weighted by atomic mass is 9.96. The molecule has 0 aromatic carbocycles. The maximum Gasteiger partial charge on any atom is 0.273 e. The SMILES string of the molecule is Cc1cnccc1NCCNC(=O)c1cn(C2CCCCC2)nn1. The smallest absolute Gasteiger partial charge is 0.273 e. The van der Waals surface area contributed by atoms with E-state index >= 15 is 0 Å². The topological polar surface area (TPSA) is 84.7 Å². The maximum atomic E-state index is 12.2. The molecule has 2 heterocycles. The van der Waals surface area contributed by atoms with Crippen LogP contribution in [0.2, 0.25) is 0 Å². The van der Waals surface area contributed by atoms with E-state index in [1.807, 2.05) is 23.9 Å². The van der Waals surface area contributed by atoms with Gasteiger partial charge < -0.3 is 10.6 Å². The van der Waals surface area contributed by atoms with Crippen LogP contribution in [0.5, 0.6) is 0 Å². The monoisotopic (exact) mass is 328 g/mol. The maximum absolute atomic E-state index is 12.2. The summed E-state index contributed by atoms with van der Waals surface area (Å²) in [7, 11) is 0. The average molecular weight is 328 g/mol. The van der Waals surface area contributed by atoms with Crippen LogP contribution in [0.3, 0.4) is 0 Å². The van der Waals surface area contributed by atoms with Crippen LogP contribution in [0.25, 0.3) is 0 Å². The Balaban J connectivity index is 1.45. The molecule has 1 aliphatic rings. The normalized spacial score (nSPS) is 15.2. The van der Waals surface area contributed by atoms with Crippen LogP contribution in [0, 0.1) is 6.92 Å². The number of anilines is 1. The number of pyridine rings is 1. The molecule has 0 unspecified atom stereocenters. The molecule has 24 heavy (non-hydrogen) atoms. The first-order valence-electron chi connectivity index (χ1n) is 8.58. The van der Waals surface area contributed by atoms with Gasteiger partial charge in [-0.3, -0.25) is 9.78 Å². The number of nitrogens with zero attached hydrogens (tertiary/aromatic N) is 4.